The Morgan fingerprint density at radius 3 is 2.67 bits per heavy atom. The number of carbonyl (C=O) groups excluding carboxylic acids is 1. The summed E-state index contributed by atoms with van der Waals surface area (Å²) in [4.78, 5) is 14.2. The first-order chi connectivity index (χ1) is 8.60. The van der Waals surface area contributed by atoms with E-state index < -0.39 is 0 Å². The van der Waals surface area contributed by atoms with Gasteiger partial charge in [0.1, 0.15) is 0 Å². The zero-order valence-corrected chi connectivity index (χ0v) is 13.2. The third-order valence-electron chi connectivity index (χ3n) is 2.78. The van der Waals surface area contributed by atoms with Crippen molar-refractivity contribution in [3.63, 3.8) is 0 Å². The number of hydrogen-bond donors (Lipinski definition) is 0. The van der Waals surface area contributed by atoms with E-state index in [9.17, 15) is 4.79 Å². The van der Waals surface area contributed by atoms with Crippen molar-refractivity contribution in [2.75, 3.05) is 18.4 Å². The van der Waals surface area contributed by atoms with Crippen molar-refractivity contribution in [3.05, 3.63) is 34.3 Å². The minimum absolute atomic E-state index is 0.0212. The molecule has 0 atom stereocenters. The minimum atomic E-state index is 0.0212. The van der Waals surface area contributed by atoms with Gasteiger partial charge < -0.3 is 4.90 Å². The van der Waals surface area contributed by atoms with Crippen molar-refractivity contribution in [1.82, 2.24) is 4.90 Å². The highest BCUT2D eigenvalue weighted by Gasteiger charge is 2.17. The first kappa shape index (κ1) is 15.5. The van der Waals surface area contributed by atoms with Crippen LogP contribution in [-0.4, -0.2) is 29.2 Å². The Morgan fingerprint density at radius 1 is 1.39 bits per heavy atom. The molecular formula is C14H19BrClNO. The molecule has 2 nitrogen and oxygen atoms in total. The van der Waals surface area contributed by atoms with Crippen molar-refractivity contribution < 1.29 is 4.79 Å². The van der Waals surface area contributed by atoms with Crippen LogP contribution in [-0.2, 0) is 0 Å². The maximum atomic E-state index is 12.4. The van der Waals surface area contributed by atoms with Crippen molar-refractivity contribution in [2.45, 2.75) is 26.7 Å². The molecule has 0 aromatic heterocycles. The Balaban J connectivity index is 2.87. The van der Waals surface area contributed by atoms with Gasteiger partial charge in [-0.15, -0.1) is 0 Å². The molecule has 0 saturated heterocycles. The summed E-state index contributed by atoms with van der Waals surface area (Å²) >= 11 is 9.53. The molecule has 1 amide bonds. The lowest BCUT2D eigenvalue weighted by Crippen LogP contribution is -2.33. The molecule has 1 aromatic carbocycles. The summed E-state index contributed by atoms with van der Waals surface area (Å²) in [7, 11) is 0. The predicted octanol–water partition coefficient (Wildman–Crippen LogP) is 4.29. The van der Waals surface area contributed by atoms with Gasteiger partial charge in [-0.2, -0.15) is 0 Å². The highest BCUT2D eigenvalue weighted by molar-refractivity contribution is 9.09. The van der Waals surface area contributed by atoms with Crippen LogP contribution in [0.2, 0.25) is 5.02 Å². The molecule has 0 saturated carbocycles. The van der Waals surface area contributed by atoms with Crippen LogP contribution in [0.5, 0.6) is 0 Å². The third-order valence-corrected chi connectivity index (χ3v) is 3.45. The zero-order valence-electron chi connectivity index (χ0n) is 10.9. The Hall–Kier alpha value is -0.540. The summed E-state index contributed by atoms with van der Waals surface area (Å²) in [5.41, 5.74) is 1.66. The molecule has 0 aliphatic heterocycles. The molecule has 0 aliphatic carbocycles. The molecule has 0 fully saturated rings. The number of unbranched alkanes of at least 4 members (excludes halogenated alkanes) is 1. The average Bonchev–Trinajstić information content (AvgIpc) is 2.33. The lowest BCUT2D eigenvalue weighted by atomic mass is 10.1. The van der Waals surface area contributed by atoms with Crippen LogP contribution in [0.3, 0.4) is 0 Å². The monoisotopic (exact) mass is 331 g/mol. The van der Waals surface area contributed by atoms with Gasteiger partial charge in [0.05, 0.1) is 10.6 Å². The molecule has 0 spiro atoms. The Morgan fingerprint density at radius 2 is 2.11 bits per heavy atom. The molecule has 18 heavy (non-hydrogen) atoms. The van der Waals surface area contributed by atoms with Crippen molar-refractivity contribution in [1.29, 1.82) is 0 Å². The summed E-state index contributed by atoms with van der Waals surface area (Å²) in [6, 6.07) is 5.57. The number of alkyl halides is 1. The van der Waals surface area contributed by atoms with Crippen LogP contribution in [0.15, 0.2) is 18.2 Å². The first-order valence-electron chi connectivity index (χ1n) is 6.21. The van der Waals surface area contributed by atoms with Gasteiger partial charge in [-0.3, -0.25) is 4.79 Å². The molecule has 0 unspecified atom stereocenters. The topological polar surface area (TPSA) is 20.3 Å². The number of halogens is 2. The Bertz CT molecular complexity index is 409. The summed E-state index contributed by atoms with van der Waals surface area (Å²) in [5, 5.41) is 1.32. The minimum Gasteiger partial charge on any atom is -0.338 e. The van der Waals surface area contributed by atoms with Crippen molar-refractivity contribution >= 4 is 33.4 Å². The van der Waals surface area contributed by atoms with E-state index in [1.54, 1.807) is 0 Å². The maximum Gasteiger partial charge on any atom is 0.255 e. The SMILES string of the molecule is CCCCN(CCBr)C(=O)c1ccc(C)cc1Cl. The molecule has 1 rings (SSSR count). The number of amides is 1. The van der Waals surface area contributed by atoms with E-state index in [0.717, 1.165) is 30.3 Å². The van der Waals surface area contributed by atoms with E-state index in [-0.39, 0.29) is 5.91 Å². The molecule has 0 N–H and O–H groups in total. The third kappa shape index (κ3) is 4.29. The molecule has 4 heteroatoms. The van der Waals surface area contributed by atoms with Crippen LogP contribution < -0.4 is 0 Å². The number of nitrogens with zero attached hydrogens (tertiary/aromatic N) is 1. The van der Waals surface area contributed by atoms with E-state index in [2.05, 4.69) is 22.9 Å². The molecular weight excluding hydrogens is 314 g/mol. The summed E-state index contributed by atoms with van der Waals surface area (Å²) in [6.45, 7) is 5.58. The van der Waals surface area contributed by atoms with Gasteiger partial charge in [0, 0.05) is 18.4 Å². The Kier molecular flexibility index (Phi) is 6.72. The molecule has 0 heterocycles. The molecule has 1 aromatic rings. The van der Waals surface area contributed by atoms with Gasteiger partial charge in [-0.05, 0) is 31.0 Å². The van der Waals surface area contributed by atoms with Gasteiger partial charge in [0.25, 0.3) is 5.91 Å². The van der Waals surface area contributed by atoms with E-state index >= 15 is 0 Å². The van der Waals surface area contributed by atoms with Crippen LogP contribution in [0.4, 0.5) is 0 Å². The number of carbonyl (C=O) groups is 1. The first-order valence-corrected chi connectivity index (χ1v) is 7.71. The second-order valence-electron chi connectivity index (χ2n) is 4.32. The predicted molar refractivity (Wildman–Crippen MR) is 80.8 cm³/mol. The van der Waals surface area contributed by atoms with Gasteiger partial charge in [-0.25, -0.2) is 0 Å². The lowest BCUT2D eigenvalue weighted by Gasteiger charge is -2.22. The fourth-order valence-electron chi connectivity index (χ4n) is 1.73. The van der Waals surface area contributed by atoms with Crippen molar-refractivity contribution in [2.24, 2.45) is 0 Å². The van der Waals surface area contributed by atoms with Gasteiger partial charge in [0.2, 0.25) is 0 Å². The normalized spacial score (nSPS) is 10.4. The number of rotatable bonds is 6. The van der Waals surface area contributed by atoms with E-state index in [4.69, 9.17) is 11.6 Å². The Labute approximate surface area is 122 Å². The van der Waals surface area contributed by atoms with E-state index in [1.807, 2.05) is 30.0 Å². The second kappa shape index (κ2) is 7.80. The van der Waals surface area contributed by atoms with Gasteiger partial charge in [0.15, 0.2) is 0 Å². The molecule has 0 aliphatic rings. The largest absolute Gasteiger partial charge is 0.338 e. The zero-order chi connectivity index (χ0) is 13.5. The summed E-state index contributed by atoms with van der Waals surface area (Å²) < 4.78 is 0. The summed E-state index contributed by atoms with van der Waals surface area (Å²) in [5.74, 6) is 0.0212. The maximum absolute atomic E-state index is 12.4. The fraction of sp³-hybridized carbons (Fsp3) is 0.500. The van der Waals surface area contributed by atoms with Crippen LogP contribution >= 0.6 is 27.5 Å². The standard InChI is InChI=1S/C14H19BrClNO/c1-3-4-8-17(9-7-15)14(18)12-6-5-11(2)10-13(12)16/h5-6,10H,3-4,7-9H2,1-2H3. The van der Waals surface area contributed by atoms with Gasteiger partial charge >= 0.3 is 0 Å². The average molecular weight is 333 g/mol. The second-order valence-corrected chi connectivity index (χ2v) is 5.52. The quantitative estimate of drug-likeness (QED) is 0.712. The van der Waals surface area contributed by atoms with Gasteiger partial charge in [-0.1, -0.05) is 46.9 Å². The van der Waals surface area contributed by atoms with Crippen molar-refractivity contribution in [3.8, 4) is 0 Å². The lowest BCUT2D eigenvalue weighted by molar-refractivity contribution is 0.0764. The molecule has 0 radical (unpaired) electrons. The van der Waals surface area contributed by atoms with Crippen LogP contribution in [0.25, 0.3) is 0 Å². The van der Waals surface area contributed by atoms with Crippen LogP contribution in [0, 0.1) is 6.92 Å². The molecule has 0 bridgehead atoms. The fourth-order valence-corrected chi connectivity index (χ4v) is 2.47. The van der Waals surface area contributed by atoms with E-state index in [0.29, 0.717) is 17.1 Å². The number of benzene rings is 1. The highest BCUT2D eigenvalue weighted by atomic mass is 79.9. The summed E-state index contributed by atoms with van der Waals surface area (Å²) in [6.07, 6.45) is 2.09. The van der Waals surface area contributed by atoms with Crippen LogP contribution in [0.1, 0.15) is 35.7 Å². The highest BCUT2D eigenvalue weighted by Crippen LogP contribution is 2.19. The smallest absolute Gasteiger partial charge is 0.255 e. The van der Waals surface area contributed by atoms with E-state index in [1.165, 1.54) is 0 Å². The molecule has 100 valence electrons. The number of hydrogen-bond acceptors (Lipinski definition) is 1. The number of aryl methyl sites for hydroxylation is 1.